The van der Waals surface area contributed by atoms with Crippen LogP contribution in [-0.2, 0) is 4.74 Å². The van der Waals surface area contributed by atoms with Crippen molar-refractivity contribution in [2.45, 2.75) is 82.5 Å². The summed E-state index contributed by atoms with van der Waals surface area (Å²) in [5.74, 6) is 0. The Balaban J connectivity index is 1.65. The van der Waals surface area contributed by atoms with Gasteiger partial charge in [-0.3, -0.25) is 4.90 Å². The molecule has 19 heavy (non-hydrogen) atoms. The van der Waals surface area contributed by atoms with Crippen LogP contribution >= 0.6 is 0 Å². The molecule has 3 aliphatic rings. The average Bonchev–Trinajstić information content (AvgIpc) is 2.77. The fourth-order valence-electron chi connectivity index (χ4n) is 4.54. The van der Waals surface area contributed by atoms with Crippen LogP contribution in [0.3, 0.4) is 0 Å². The second kappa shape index (κ2) is 5.71. The molecule has 2 bridgehead atoms. The van der Waals surface area contributed by atoms with Crippen molar-refractivity contribution in [3.8, 4) is 0 Å². The molecular weight excluding hydrogens is 236 g/mol. The molecule has 1 N–H and O–H groups in total. The van der Waals surface area contributed by atoms with Crippen LogP contribution in [0.25, 0.3) is 0 Å². The number of nitrogens with zero attached hydrogens (tertiary/aromatic N) is 1. The van der Waals surface area contributed by atoms with Gasteiger partial charge in [0.15, 0.2) is 0 Å². The molecule has 3 atom stereocenters. The van der Waals surface area contributed by atoms with E-state index in [0.717, 1.165) is 31.3 Å². The van der Waals surface area contributed by atoms with Gasteiger partial charge < -0.3 is 10.1 Å². The highest BCUT2D eigenvalue weighted by Gasteiger charge is 2.42. The molecule has 3 saturated heterocycles. The maximum absolute atomic E-state index is 6.03. The first-order valence-electron chi connectivity index (χ1n) is 8.33. The van der Waals surface area contributed by atoms with Crippen LogP contribution in [-0.4, -0.2) is 48.3 Å². The van der Waals surface area contributed by atoms with Gasteiger partial charge in [0.05, 0.1) is 5.60 Å². The van der Waals surface area contributed by atoms with Gasteiger partial charge in [-0.05, 0) is 52.0 Å². The van der Waals surface area contributed by atoms with Gasteiger partial charge in [-0.2, -0.15) is 0 Å². The number of hydrogen-bond donors (Lipinski definition) is 1. The number of piperidine rings is 2. The summed E-state index contributed by atoms with van der Waals surface area (Å²) in [6.45, 7) is 7.81. The molecule has 3 nitrogen and oxygen atoms in total. The highest BCUT2D eigenvalue weighted by Crippen LogP contribution is 2.37. The van der Waals surface area contributed by atoms with Crippen LogP contribution < -0.4 is 5.32 Å². The Morgan fingerprint density at radius 1 is 1.21 bits per heavy atom. The minimum absolute atomic E-state index is 0.138. The van der Waals surface area contributed by atoms with Crippen molar-refractivity contribution in [3.05, 3.63) is 0 Å². The van der Waals surface area contributed by atoms with Gasteiger partial charge in [-0.1, -0.05) is 13.3 Å². The minimum Gasteiger partial charge on any atom is -0.374 e. The Hall–Kier alpha value is -0.120. The van der Waals surface area contributed by atoms with Crippen molar-refractivity contribution in [1.82, 2.24) is 10.2 Å². The number of rotatable bonds is 4. The third kappa shape index (κ3) is 2.98. The highest BCUT2D eigenvalue weighted by atomic mass is 16.5. The van der Waals surface area contributed by atoms with Crippen molar-refractivity contribution in [2.24, 2.45) is 0 Å². The van der Waals surface area contributed by atoms with E-state index >= 15 is 0 Å². The molecule has 3 heteroatoms. The molecule has 0 aliphatic carbocycles. The van der Waals surface area contributed by atoms with E-state index in [9.17, 15) is 0 Å². The first-order valence-corrected chi connectivity index (χ1v) is 8.33. The fourth-order valence-corrected chi connectivity index (χ4v) is 4.54. The lowest BCUT2D eigenvalue weighted by molar-refractivity contribution is -0.0605. The predicted octanol–water partition coefficient (Wildman–Crippen LogP) is 2.55. The monoisotopic (exact) mass is 266 g/mol. The molecule has 3 unspecified atom stereocenters. The van der Waals surface area contributed by atoms with Gasteiger partial charge in [0.25, 0.3) is 0 Å². The Morgan fingerprint density at radius 3 is 2.53 bits per heavy atom. The van der Waals surface area contributed by atoms with Gasteiger partial charge in [0.1, 0.15) is 0 Å². The molecule has 0 aromatic rings. The third-order valence-electron chi connectivity index (χ3n) is 5.44. The zero-order valence-electron chi connectivity index (χ0n) is 12.7. The van der Waals surface area contributed by atoms with E-state index in [1.54, 1.807) is 0 Å². The predicted molar refractivity (Wildman–Crippen MR) is 78.4 cm³/mol. The van der Waals surface area contributed by atoms with Gasteiger partial charge in [-0.25, -0.2) is 0 Å². The summed E-state index contributed by atoms with van der Waals surface area (Å²) in [5.41, 5.74) is 0.138. The van der Waals surface area contributed by atoms with Crippen LogP contribution in [0.4, 0.5) is 0 Å². The summed E-state index contributed by atoms with van der Waals surface area (Å²) in [5, 5.41) is 3.68. The molecule has 0 spiro atoms. The maximum atomic E-state index is 6.03. The first-order chi connectivity index (χ1) is 9.20. The standard InChI is InChI=1S/C16H30N2O/c1-3-17-13-10-14-6-4-7-15(11-13)18(14)12-16(2)8-5-9-19-16/h13-15,17H,3-12H2,1-2H3. The summed E-state index contributed by atoms with van der Waals surface area (Å²) >= 11 is 0. The molecular formula is C16H30N2O. The zero-order chi connectivity index (χ0) is 13.3. The van der Waals surface area contributed by atoms with E-state index in [1.807, 2.05) is 0 Å². The molecule has 0 aromatic heterocycles. The van der Waals surface area contributed by atoms with E-state index in [2.05, 4.69) is 24.1 Å². The van der Waals surface area contributed by atoms with E-state index in [1.165, 1.54) is 51.5 Å². The number of hydrogen-bond acceptors (Lipinski definition) is 3. The Kier molecular flexibility index (Phi) is 4.16. The molecule has 110 valence electrons. The van der Waals surface area contributed by atoms with Crippen LogP contribution in [0.1, 0.15) is 58.8 Å². The number of nitrogens with one attached hydrogen (secondary N) is 1. The van der Waals surface area contributed by atoms with E-state index in [4.69, 9.17) is 4.74 Å². The quantitative estimate of drug-likeness (QED) is 0.846. The molecule has 3 aliphatic heterocycles. The summed E-state index contributed by atoms with van der Waals surface area (Å²) in [4.78, 5) is 2.81. The molecule has 3 fully saturated rings. The van der Waals surface area contributed by atoms with Crippen LogP contribution in [0, 0.1) is 0 Å². The van der Waals surface area contributed by atoms with Crippen LogP contribution in [0.5, 0.6) is 0 Å². The summed E-state index contributed by atoms with van der Waals surface area (Å²) in [7, 11) is 0. The van der Waals surface area contributed by atoms with Crippen molar-refractivity contribution < 1.29 is 4.74 Å². The number of ether oxygens (including phenoxy) is 1. The first kappa shape index (κ1) is 13.8. The smallest absolute Gasteiger partial charge is 0.0781 e. The van der Waals surface area contributed by atoms with Crippen molar-refractivity contribution >= 4 is 0 Å². The Morgan fingerprint density at radius 2 is 1.95 bits per heavy atom. The van der Waals surface area contributed by atoms with Crippen molar-refractivity contribution in [3.63, 3.8) is 0 Å². The minimum atomic E-state index is 0.138. The summed E-state index contributed by atoms with van der Waals surface area (Å²) in [6.07, 6.45) is 9.42. The van der Waals surface area contributed by atoms with Crippen LogP contribution in [0.2, 0.25) is 0 Å². The molecule has 3 rings (SSSR count). The topological polar surface area (TPSA) is 24.5 Å². The fraction of sp³-hybridized carbons (Fsp3) is 1.00. The Labute approximate surface area is 118 Å². The molecule has 0 aromatic carbocycles. The molecule has 0 amide bonds. The second-order valence-corrected chi connectivity index (χ2v) is 7.04. The molecule has 0 saturated carbocycles. The van der Waals surface area contributed by atoms with Gasteiger partial charge in [-0.15, -0.1) is 0 Å². The largest absolute Gasteiger partial charge is 0.374 e. The van der Waals surface area contributed by atoms with Crippen molar-refractivity contribution in [2.75, 3.05) is 19.7 Å². The summed E-state index contributed by atoms with van der Waals surface area (Å²) < 4.78 is 6.03. The second-order valence-electron chi connectivity index (χ2n) is 7.04. The number of fused-ring (bicyclic) bond motifs is 2. The normalized spacial score (nSPS) is 43.6. The van der Waals surface area contributed by atoms with E-state index in [0.29, 0.717) is 0 Å². The Bertz CT molecular complexity index is 287. The molecule has 3 heterocycles. The highest BCUT2D eigenvalue weighted by molar-refractivity contribution is 4.98. The lowest BCUT2D eigenvalue weighted by atomic mass is 9.80. The SMILES string of the molecule is CCNC1CC2CCCC(C1)N2CC1(C)CCCO1. The summed E-state index contributed by atoms with van der Waals surface area (Å²) in [6, 6.07) is 2.36. The third-order valence-corrected chi connectivity index (χ3v) is 5.44. The average molecular weight is 266 g/mol. The van der Waals surface area contributed by atoms with E-state index in [-0.39, 0.29) is 5.60 Å². The molecule has 0 radical (unpaired) electrons. The lowest BCUT2D eigenvalue weighted by Crippen LogP contribution is -2.59. The van der Waals surface area contributed by atoms with Crippen molar-refractivity contribution in [1.29, 1.82) is 0 Å². The van der Waals surface area contributed by atoms with Crippen LogP contribution in [0.15, 0.2) is 0 Å². The zero-order valence-corrected chi connectivity index (χ0v) is 12.7. The van der Waals surface area contributed by atoms with E-state index < -0.39 is 0 Å². The van der Waals surface area contributed by atoms with Gasteiger partial charge >= 0.3 is 0 Å². The van der Waals surface area contributed by atoms with Gasteiger partial charge in [0, 0.05) is 31.3 Å². The maximum Gasteiger partial charge on any atom is 0.0781 e. The lowest BCUT2D eigenvalue weighted by Gasteiger charge is -2.51. The van der Waals surface area contributed by atoms with Gasteiger partial charge in [0.2, 0.25) is 0 Å².